The van der Waals surface area contributed by atoms with Crippen LogP contribution in [0.2, 0.25) is 0 Å². The third-order valence-electron chi connectivity index (χ3n) is 6.00. The molecular formula is C39H54Cl2O23. The molecule has 0 aliphatic heterocycles. The van der Waals surface area contributed by atoms with Crippen LogP contribution in [0.1, 0.15) is 67.7 Å². The first kappa shape index (κ1) is 62.5. The summed E-state index contributed by atoms with van der Waals surface area (Å²) in [7, 11) is 0. The lowest BCUT2D eigenvalue weighted by Gasteiger charge is -2.21. The number of halogens is 2. The predicted molar refractivity (Wildman–Crippen MR) is 216 cm³/mol. The van der Waals surface area contributed by atoms with Crippen LogP contribution in [0.4, 0.5) is 0 Å². The summed E-state index contributed by atoms with van der Waals surface area (Å²) in [6.07, 6.45) is 7.30. The number of aliphatic hydroxyl groups is 3. The third kappa shape index (κ3) is 41.6. The molecular weight excluding hydrogens is 907 g/mol. The molecule has 25 heteroatoms. The van der Waals surface area contributed by atoms with Crippen LogP contribution < -0.4 is 0 Å². The molecule has 23 nitrogen and oxygen atoms in total. The van der Waals surface area contributed by atoms with Crippen molar-refractivity contribution >= 4 is 87.4 Å². The van der Waals surface area contributed by atoms with E-state index in [1.165, 1.54) is 64.2 Å². The van der Waals surface area contributed by atoms with Crippen LogP contribution in [0.25, 0.3) is 0 Å². The van der Waals surface area contributed by atoms with E-state index in [1.54, 1.807) is 20.8 Å². The summed E-state index contributed by atoms with van der Waals surface area (Å²) in [6.45, 7) is 5.90. The molecule has 0 heterocycles. The highest BCUT2D eigenvalue weighted by atomic mass is 35.5. The maximum atomic E-state index is 12.0. The first-order valence-electron chi connectivity index (χ1n) is 18.4. The van der Waals surface area contributed by atoms with Gasteiger partial charge in [-0.2, -0.15) is 0 Å². The van der Waals surface area contributed by atoms with Gasteiger partial charge in [-0.1, -0.05) is 6.92 Å². The largest absolute Gasteiger partial charge is 0.460 e. The van der Waals surface area contributed by atoms with E-state index in [0.717, 1.165) is 0 Å². The second kappa shape index (κ2) is 34.7. The van der Waals surface area contributed by atoms with E-state index in [4.69, 9.17) is 62.2 Å². The van der Waals surface area contributed by atoms with Crippen molar-refractivity contribution in [2.45, 2.75) is 84.5 Å². The average Bonchev–Trinajstić information content (AvgIpc) is 3.19. The average molecular weight is 962 g/mol. The zero-order valence-corrected chi connectivity index (χ0v) is 37.7. The molecule has 0 bridgehead atoms. The number of hydrogen-bond donors (Lipinski definition) is 3. The fourth-order valence-corrected chi connectivity index (χ4v) is 3.54. The minimum Gasteiger partial charge on any atom is -0.460 e. The third-order valence-corrected chi connectivity index (χ3v) is 6.40. The van der Waals surface area contributed by atoms with Gasteiger partial charge in [0.2, 0.25) is 10.5 Å². The summed E-state index contributed by atoms with van der Waals surface area (Å²) in [5.41, 5.74) is -3.17. The first-order chi connectivity index (χ1) is 29.6. The second-order valence-electron chi connectivity index (χ2n) is 13.4. The normalized spacial score (nSPS) is 11.1. The number of esters is 9. The maximum Gasteiger partial charge on any atom is 0.345 e. The molecule has 3 N–H and O–H groups in total. The van der Waals surface area contributed by atoms with Crippen LogP contribution in [-0.2, 0) is 95.4 Å². The van der Waals surface area contributed by atoms with E-state index in [9.17, 15) is 52.7 Å². The minimum atomic E-state index is -1.23. The number of ether oxygens (including phenoxy) is 9. The molecule has 0 aromatic rings. The summed E-state index contributed by atoms with van der Waals surface area (Å²) in [6, 6.07) is 0. The predicted octanol–water partition coefficient (Wildman–Crippen LogP) is 0.550. The number of carbonyl (C=O) groups is 11. The number of aliphatic hydroxyl groups excluding tert-OH is 3. The summed E-state index contributed by atoms with van der Waals surface area (Å²) in [4.78, 5) is 122. The van der Waals surface area contributed by atoms with Gasteiger partial charge < -0.3 is 58.0 Å². The molecule has 0 saturated heterocycles. The molecule has 0 aliphatic carbocycles. The van der Waals surface area contributed by atoms with Crippen LogP contribution in [0.15, 0.2) is 36.5 Å². The van der Waals surface area contributed by atoms with E-state index in [2.05, 4.69) is 18.9 Å². The molecule has 0 fully saturated rings. The summed E-state index contributed by atoms with van der Waals surface area (Å²) in [5, 5.41) is 24.3. The van der Waals surface area contributed by atoms with Crippen LogP contribution >= 0.6 is 23.2 Å². The SMILES string of the molecule is CC(C)(C=CCOC(=O)CO)OC(=O)CO.CC(C)(C=CCOC(=O)COC(=O)CC(=O)OCC(=O)OC(C)(C)C=CCOC(=O)COC(=O)CC(=O)Cl)OC(=O)CO.CCC(=O)Cl. The van der Waals surface area contributed by atoms with Crippen molar-refractivity contribution in [1.82, 2.24) is 0 Å². The Labute approximate surface area is 377 Å². The Kier molecular flexibility index (Phi) is 33.9. The Morgan fingerprint density at radius 1 is 0.406 bits per heavy atom. The van der Waals surface area contributed by atoms with Gasteiger partial charge in [-0.25, -0.2) is 28.8 Å². The second-order valence-corrected chi connectivity index (χ2v) is 14.2. The molecule has 0 aromatic carbocycles. The van der Waals surface area contributed by atoms with Gasteiger partial charge in [0.15, 0.2) is 19.8 Å². The van der Waals surface area contributed by atoms with E-state index in [0.29, 0.717) is 6.42 Å². The Morgan fingerprint density at radius 3 is 0.984 bits per heavy atom. The molecule has 0 saturated carbocycles. The molecule has 0 rings (SSSR count). The number of rotatable bonds is 26. The monoisotopic (exact) mass is 960 g/mol. The van der Waals surface area contributed by atoms with Crippen molar-refractivity contribution in [3.8, 4) is 0 Å². The van der Waals surface area contributed by atoms with Gasteiger partial charge in [-0.05, 0) is 101 Å². The molecule has 64 heavy (non-hydrogen) atoms. The highest BCUT2D eigenvalue weighted by Gasteiger charge is 2.23. The van der Waals surface area contributed by atoms with Crippen molar-refractivity contribution in [3.63, 3.8) is 0 Å². The molecule has 0 atom stereocenters. The smallest absolute Gasteiger partial charge is 0.345 e. The lowest BCUT2D eigenvalue weighted by molar-refractivity contribution is -0.168. The van der Waals surface area contributed by atoms with Crippen LogP contribution in [-0.4, -0.2) is 156 Å². The Bertz CT molecular complexity index is 1660. The van der Waals surface area contributed by atoms with Crippen molar-refractivity contribution in [2.75, 3.05) is 59.5 Å². The zero-order valence-electron chi connectivity index (χ0n) is 36.2. The molecule has 0 aliphatic rings. The van der Waals surface area contributed by atoms with Gasteiger partial charge in [0, 0.05) is 6.42 Å². The zero-order chi connectivity index (χ0) is 49.9. The topological polar surface area (TPSA) is 332 Å². The Morgan fingerprint density at radius 2 is 0.688 bits per heavy atom. The Balaban J connectivity index is -0.00000145. The molecule has 0 unspecified atom stereocenters. The first-order valence-corrected chi connectivity index (χ1v) is 19.2. The van der Waals surface area contributed by atoms with Gasteiger partial charge in [0.1, 0.15) is 69.3 Å². The lowest BCUT2D eigenvalue weighted by Crippen LogP contribution is -2.29. The van der Waals surface area contributed by atoms with Crippen molar-refractivity contribution in [3.05, 3.63) is 36.5 Å². The van der Waals surface area contributed by atoms with Gasteiger partial charge in [-0.15, -0.1) is 0 Å². The summed E-state index contributed by atoms with van der Waals surface area (Å²) in [5.74, 6) is -8.36. The molecule has 0 aromatic heterocycles. The summed E-state index contributed by atoms with van der Waals surface area (Å²) < 4.78 is 42.7. The lowest BCUT2D eigenvalue weighted by atomic mass is 10.1. The van der Waals surface area contributed by atoms with E-state index >= 15 is 0 Å². The van der Waals surface area contributed by atoms with E-state index < -0.39 is 128 Å². The van der Waals surface area contributed by atoms with Crippen LogP contribution in [0.5, 0.6) is 0 Å². The van der Waals surface area contributed by atoms with Crippen molar-refractivity contribution in [1.29, 1.82) is 0 Å². The van der Waals surface area contributed by atoms with Crippen LogP contribution in [0, 0.1) is 0 Å². The molecule has 0 radical (unpaired) electrons. The van der Waals surface area contributed by atoms with Crippen LogP contribution in [0.3, 0.4) is 0 Å². The van der Waals surface area contributed by atoms with Gasteiger partial charge in [0.05, 0.1) is 0 Å². The highest BCUT2D eigenvalue weighted by Crippen LogP contribution is 2.13. The van der Waals surface area contributed by atoms with E-state index in [-0.39, 0.29) is 25.1 Å². The molecule has 0 amide bonds. The Hall–Kier alpha value is -5.75. The molecule has 362 valence electrons. The van der Waals surface area contributed by atoms with E-state index in [1.807, 2.05) is 0 Å². The standard InChI is InChI=1S/C26H33ClO16.C10H16O6.C3H5ClO/c1-25(2,42-21(33)13-28)7-5-9-38-23(35)15-40-19(31)12-20(32)41-16-24(36)43-26(3,4)8-6-10-37-22(34)14-39-18(30)11-17(27)29;1-10(2,16-9(14)7-12)4-3-5-15-8(13)6-11;1-2-3(4)5/h5-8,28H,9-16H2,1-4H3;3-4,11-12H,5-7H2,1-2H3;2H2,1H3. The summed E-state index contributed by atoms with van der Waals surface area (Å²) >= 11 is 9.83. The van der Waals surface area contributed by atoms with Gasteiger partial charge >= 0.3 is 53.7 Å². The maximum absolute atomic E-state index is 12.0. The minimum absolute atomic E-state index is 0.0144. The van der Waals surface area contributed by atoms with Gasteiger partial charge in [-0.3, -0.25) is 24.0 Å². The fourth-order valence-electron chi connectivity index (χ4n) is 3.43. The van der Waals surface area contributed by atoms with Crippen molar-refractivity contribution in [2.24, 2.45) is 0 Å². The molecule has 0 spiro atoms. The van der Waals surface area contributed by atoms with Crippen molar-refractivity contribution < 1.29 is 111 Å². The van der Waals surface area contributed by atoms with Gasteiger partial charge in [0.25, 0.3) is 0 Å². The quantitative estimate of drug-likeness (QED) is 0.0350. The highest BCUT2D eigenvalue weighted by molar-refractivity contribution is 6.64. The number of carbonyl (C=O) groups excluding carboxylic acids is 11. The number of hydrogen-bond acceptors (Lipinski definition) is 23. The fraction of sp³-hybridized carbons (Fsp3) is 0.564.